The summed E-state index contributed by atoms with van der Waals surface area (Å²) in [5, 5.41) is 0.609. The summed E-state index contributed by atoms with van der Waals surface area (Å²) in [5.74, 6) is 2.65. The fraction of sp³-hybridized carbons (Fsp3) is 0.107. The molecular weight excluding hydrogens is 458 g/mol. The molecule has 5 rings (SSSR count). The summed E-state index contributed by atoms with van der Waals surface area (Å²) >= 11 is 6.17. The van der Waals surface area contributed by atoms with Gasteiger partial charge in [0.2, 0.25) is 0 Å². The van der Waals surface area contributed by atoms with E-state index in [1.165, 1.54) is 0 Å². The molecule has 0 saturated carbocycles. The van der Waals surface area contributed by atoms with Crippen LogP contribution in [0.5, 0.6) is 0 Å². The maximum absolute atomic E-state index is 12.8. The van der Waals surface area contributed by atoms with Gasteiger partial charge in [-0.05, 0) is 47.5 Å². The predicted octanol–water partition coefficient (Wildman–Crippen LogP) is 4.22. The number of rotatable bonds is 4. The number of hydrogen-bond donors (Lipinski definition) is 1. The molecule has 0 aliphatic heterocycles. The molecule has 6 nitrogen and oxygen atoms in total. The number of pyridine rings is 2. The first-order valence-electron chi connectivity index (χ1n) is 10.9. The molecule has 2 N–H and O–H groups in total. The summed E-state index contributed by atoms with van der Waals surface area (Å²) in [6, 6.07) is 20.2. The van der Waals surface area contributed by atoms with Gasteiger partial charge < -0.3 is 14.9 Å². The van der Waals surface area contributed by atoms with E-state index in [9.17, 15) is 4.79 Å². The van der Waals surface area contributed by atoms with Gasteiger partial charge in [-0.3, -0.25) is 4.79 Å². The van der Waals surface area contributed by atoms with Gasteiger partial charge in [-0.1, -0.05) is 41.8 Å². The van der Waals surface area contributed by atoms with Gasteiger partial charge in [-0.25, -0.2) is 9.97 Å². The van der Waals surface area contributed by atoms with E-state index in [1.54, 1.807) is 42.3 Å². The normalized spacial score (nSPS) is 12.9. The number of hydrogen-bond acceptors (Lipinski definition) is 4. The topological polar surface area (TPSA) is 78.7 Å². The number of nitrogens with two attached hydrogens (primary N) is 1. The first-order chi connectivity index (χ1) is 16.8. The molecule has 5 aromatic rings. The molecule has 0 amide bonds. The van der Waals surface area contributed by atoms with Gasteiger partial charge in [0.1, 0.15) is 5.54 Å². The Balaban J connectivity index is 1.84. The van der Waals surface area contributed by atoms with Crippen molar-refractivity contribution in [3.63, 3.8) is 0 Å². The van der Waals surface area contributed by atoms with Crippen LogP contribution in [0.3, 0.4) is 0 Å². The van der Waals surface area contributed by atoms with E-state index in [4.69, 9.17) is 28.7 Å². The average Bonchev–Trinajstić information content (AvgIpc) is 3.32. The third-order valence-corrected chi connectivity index (χ3v) is 6.61. The Kier molecular flexibility index (Phi) is 5.52. The van der Waals surface area contributed by atoms with Crippen LogP contribution in [0.1, 0.15) is 22.5 Å². The highest BCUT2D eigenvalue weighted by molar-refractivity contribution is 6.30. The Morgan fingerprint density at radius 3 is 2.51 bits per heavy atom. The zero-order chi connectivity index (χ0) is 24.7. The minimum absolute atomic E-state index is 0.142. The first-order valence-corrected chi connectivity index (χ1v) is 11.3. The Bertz CT molecular complexity index is 1680. The Hall–Kier alpha value is -4.18. The fourth-order valence-electron chi connectivity index (χ4n) is 4.42. The van der Waals surface area contributed by atoms with Crippen molar-refractivity contribution in [2.75, 3.05) is 0 Å². The van der Waals surface area contributed by atoms with Crippen LogP contribution in [0.4, 0.5) is 0 Å². The maximum atomic E-state index is 12.8. The van der Waals surface area contributed by atoms with E-state index in [-0.39, 0.29) is 5.56 Å². The van der Waals surface area contributed by atoms with Gasteiger partial charge >= 0.3 is 0 Å². The molecule has 0 unspecified atom stereocenters. The standard InChI is InChI=1S/C28H22ClN5O/c1-4-18-6-5-7-19(14-18)22-15-26(35)34(3)23-12-13-24(32-27(22)23)28(30,25-16-31-17-33(25)2)20-8-10-21(29)11-9-20/h1,5-17H,30H2,2-3H3/t28-/m1/s1. The van der Waals surface area contributed by atoms with Crippen molar-refractivity contribution in [2.24, 2.45) is 19.8 Å². The van der Waals surface area contributed by atoms with Crippen LogP contribution in [0.2, 0.25) is 5.02 Å². The summed E-state index contributed by atoms with van der Waals surface area (Å²) < 4.78 is 3.45. The average molecular weight is 480 g/mol. The van der Waals surface area contributed by atoms with Crippen LogP contribution >= 0.6 is 11.6 Å². The predicted molar refractivity (Wildman–Crippen MR) is 139 cm³/mol. The van der Waals surface area contributed by atoms with Crippen LogP contribution in [-0.4, -0.2) is 19.1 Å². The number of benzene rings is 2. The highest BCUT2D eigenvalue weighted by Crippen LogP contribution is 2.35. The van der Waals surface area contributed by atoms with Crippen molar-refractivity contribution in [3.8, 4) is 23.5 Å². The Morgan fingerprint density at radius 2 is 1.83 bits per heavy atom. The summed E-state index contributed by atoms with van der Waals surface area (Å²) in [6.45, 7) is 0. The molecule has 2 aromatic carbocycles. The molecule has 172 valence electrons. The molecule has 0 spiro atoms. The summed E-state index contributed by atoms with van der Waals surface area (Å²) in [6.07, 6.45) is 9.06. The molecule has 0 radical (unpaired) electrons. The zero-order valence-corrected chi connectivity index (χ0v) is 20.0. The molecule has 1 atom stereocenters. The summed E-state index contributed by atoms with van der Waals surface area (Å²) in [4.78, 5) is 22.2. The lowest BCUT2D eigenvalue weighted by molar-refractivity contribution is 0.580. The molecule has 3 heterocycles. The highest BCUT2D eigenvalue weighted by Gasteiger charge is 2.36. The number of fused-ring (bicyclic) bond motifs is 1. The monoisotopic (exact) mass is 479 g/mol. The van der Waals surface area contributed by atoms with Crippen LogP contribution in [-0.2, 0) is 19.6 Å². The second kappa shape index (κ2) is 8.55. The fourth-order valence-corrected chi connectivity index (χ4v) is 4.55. The number of terminal acetylenes is 1. The third kappa shape index (κ3) is 3.71. The van der Waals surface area contributed by atoms with Crippen LogP contribution in [0.25, 0.3) is 22.2 Å². The van der Waals surface area contributed by atoms with Crippen molar-refractivity contribution in [1.82, 2.24) is 19.1 Å². The first kappa shape index (κ1) is 22.6. The number of imidazole rings is 1. The molecule has 0 bridgehead atoms. The minimum atomic E-state index is -1.13. The zero-order valence-electron chi connectivity index (χ0n) is 19.2. The lowest BCUT2D eigenvalue weighted by Gasteiger charge is -2.30. The number of aryl methyl sites for hydroxylation is 2. The van der Waals surface area contributed by atoms with Gasteiger partial charge in [0, 0.05) is 36.3 Å². The highest BCUT2D eigenvalue weighted by atomic mass is 35.5. The van der Waals surface area contributed by atoms with E-state index < -0.39 is 5.54 Å². The Morgan fingerprint density at radius 1 is 1.06 bits per heavy atom. The smallest absolute Gasteiger partial charge is 0.251 e. The number of aromatic nitrogens is 4. The molecule has 0 fully saturated rings. The summed E-state index contributed by atoms with van der Waals surface area (Å²) in [5.41, 5.74) is 11.6. The quantitative estimate of drug-likeness (QED) is 0.391. The van der Waals surface area contributed by atoms with E-state index >= 15 is 0 Å². The lowest BCUT2D eigenvalue weighted by atomic mass is 9.84. The van der Waals surface area contributed by atoms with Crippen molar-refractivity contribution in [1.29, 1.82) is 0 Å². The second-order valence-corrected chi connectivity index (χ2v) is 8.89. The Labute approximate surface area is 207 Å². The van der Waals surface area contributed by atoms with Gasteiger partial charge in [0.25, 0.3) is 5.56 Å². The largest absolute Gasteiger partial charge is 0.335 e. The van der Waals surface area contributed by atoms with E-state index in [1.807, 2.05) is 60.1 Å². The van der Waals surface area contributed by atoms with E-state index in [0.717, 1.165) is 22.4 Å². The van der Waals surface area contributed by atoms with Gasteiger partial charge in [-0.15, -0.1) is 6.42 Å². The summed E-state index contributed by atoms with van der Waals surface area (Å²) in [7, 11) is 3.62. The maximum Gasteiger partial charge on any atom is 0.251 e. The van der Waals surface area contributed by atoms with Crippen molar-refractivity contribution >= 4 is 22.6 Å². The van der Waals surface area contributed by atoms with Crippen LogP contribution in [0.15, 0.2) is 84.0 Å². The molecule has 0 aliphatic rings. The third-order valence-electron chi connectivity index (χ3n) is 6.35. The van der Waals surface area contributed by atoms with Crippen molar-refractivity contribution in [3.05, 3.63) is 117 Å². The molecule has 3 aromatic heterocycles. The van der Waals surface area contributed by atoms with Gasteiger partial charge in [-0.2, -0.15) is 0 Å². The van der Waals surface area contributed by atoms with Crippen molar-refractivity contribution in [2.45, 2.75) is 5.54 Å². The second-order valence-electron chi connectivity index (χ2n) is 8.45. The molecular formula is C28H22ClN5O. The minimum Gasteiger partial charge on any atom is -0.335 e. The van der Waals surface area contributed by atoms with Crippen LogP contribution in [0, 0.1) is 12.3 Å². The van der Waals surface area contributed by atoms with Crippen LogP contribution < -0.4 is 11.3 Å². The van der Waals surface area contributed by atoms with Gasteiger partial charge in [0.05, 0.1) is 34.9 Å². The number of nitrogens with zero attached hydrogens (tertiary/aromatic N) is 4. The number of halogens is 1. The van der Waals surface area contributed by atoms with E-state index in [0.29, 0.717) is 27.3 Å². The van der Waals surface area contributed by atoms with Crippen molar-refractivity contribution < 1.29 is 0 Å². The molecule has 35 heavy (non-hydrogen) atoms. The van der Waals surface area contributed by atoms with Gasteiger partial charge in [0.15, 0.2) is 0 Å². The van der Waals surface area contributed by atoms with E-state index in [2.05, 4.69) is 10.9 Å². The molecule has 7 heteroatoms. The SMILES string of the molecule is C#Cc1cccc(-c2cc(=O)n(C)c3ccc([C@](N)(c4ccc(Cl)cc4)c4cncn4C)nc23)c1. The lowest BCUT2D eigenvalue weighted by Crippen LogP contribution is -2.41. The molecule has 0 aliphatic carbocycles. The molecule has 0 saturated heterocycles.